The van der Waals surface area contributed by atoms with Crippen molar-refractivity contribution in [2.45, 2.75) is 86.7 Å². The molecule has 1 rings (SSSR count). The van der Waals surface area contributed by atoms with Crippen molar-refractivity contribution in [3.8, 4) is 0 Å². The van der Waals surface area contributed by atoms with Crippen molar-refractivity contribution >= 4 is 0 Å². The number of hydrogen-bond acceptors (Lipinski definition) is 1. The van der Waals surface area contributed by atoms with E-state index in [1.165, 1.54) is 6.42 Å². The van der Waals surface area contributed by atoms with E-state index in [2.05, 4.69) is 81.2 Å². The van der Waals surface area contributed by atoms with Gasteiger partial charge < -0.3 is 0 Å². The fourth-order valence-electron chi connectivity index (χ4n) is 5.52. The topological polar surface area (TPSA) is 3.24 Å². The molecule has 0 radical (unpaired) electrons. The molecule has 0 spiro atoms. The third-order valence-electron chi connectivity index (χ3n) is 6.05. The van der Waals surface area contributed by atoms with E-state index in [1.54, 1.807) is 0 Å². The van der Waals surface area contributed by atoms with Gasteiger partial charge in [-0.05, 0) is 57.4 Å². The van der Waals surface area contributed by atoms with Gasteiger partial charge in [0, 0.05) is 11.1 Å². The quantitative estimate of drug-likeness (QED) is 0.590. The summed E-state index contributed by atoms with van der Waals surface area (Å²) in [6, 6.07) is 0. The van der Waals surface area contributed by atoms with Gasteiger partial charge in [-0.3, -0.25) is 4.90 Å². The van der Waals surface area contributed by atoms with E-state index in [1.807, 2.05) is 0 Å². The number of rotatable bonds is 0. The summed E-state index contributed by atoms with van der Waals surface area (Å²) in [6.07, 6.45) is 1.26. The van der Waals surface area contributed by atoms with Crippen molar-refractivity contribution in [1.82, 2.24) is 4.90 Å². The van der Waals surface area contributed by atoms with E-state index in [-0.39, 0.29) is 21.9 Å². The van der Waals surface area contributed by atoms with Crippen LogP contribution < -0.4 is 0 Å². The Morgan fingerprint density at radius 2 is 1.11 bits per heavy atom. The Morgan fingerprint density at radius 3 is 1.22 bits per heavy atom. The molecule has 1 heteroatoms. The zero-order valence-electron chi connectivity index (χ0n) is 14.7. The molecule has 0 aromatic carbocycles. The van der Waals surface area contributed by atoms with Crippen molar-refractivity contribution in [2.75, 3.05) is 7.05 Å². The minimum Gasteiger partial charge on any atom is -0.296 e. The third-order valence-corrected chi connectivity index (χ3v) is 6.05. The summed E-state index contributed by atoms with van der Waals surface area (Å²) >= 11 is 0. The van der Waals surface area contributed by atoms with Crippen LogP contribution in [0.3, 0.4) is 0 Å². The second-order valence-electron chi connectivity index (χ2n) is 9.51. The highest BCUT2D eigenvalue weighted by molar-refractivity contribution is 5.20. The summed E-state index contributed by atoms with van der Waals surface area (Å²) in [7, 11) is 2.30. The smallest absolute Gasteiger partial charge is 0.0222 e. The molecule has 1 fully saturated rings. The van der Waals surface area contributed by atoms with Crippen LogP contribution in [0.1, 0.15) is 75.7 Å². The molecule has 0 amide bonds. The molecule has 1 nitrogen and oxygen atoms in total. The first-order valence-corrected chi connectivity index (χ1v) is 7.35. The second kappa shape index (κ2) is 3.75. The van der Waals surface area contributed by atoms with E-state index in [0.29, 0.717) is 5.41 Å². The van der Waals surface area contributed by atoms with Crippen molar-refractivity contribution in [3.05, 3.63) is 0 Å². The first kappa shape index (κ1) is 16.0. The van der Waals surface area contributed by atoms with Gasteiger partial charge >= 0.3 is 0 Å². The van der Waals surface area contributed by atoms with Gasteiger partial charge in [0.2, 0.25) is 0 Å². The van der Waals surface area contributed by atoms with E-state index in [9.17, 15) is 0 Å². The van der Waals surface area contributed by atoms with E-state index < -0.39 is 0 Å². The molecule has 1 aliphatic rings. The van der Waals surface area contributed by atoms with Gasteiger partial charge in [0.15, 0.2) is 0 Å². The molecule has 0 unspecified atom stereocenters. The minimum atomic E-state index is 0.201. The summed E-state index contributed by atoms with van der Waals surface area (Å²) in [6.45, 7) is 24.2. The highest BCUT2D eigenvalue weighted by Crippen LogP contribution is 2.67. The molecule has 0 aromatic rings. The van der Waals surface area contributed by atoms with E-state index >= 15 is 0 Å². The summed E-state index contributed by atoms with van der Waals surface area (Å²) in [5, 5.41) is 0. The number of likely N-dealkylation sites (tertiary alicyclic amines) is 1. The van der Waals surface area contributed by atoms with Crippen molar-refractivity contribution < 1.29 is 0 Å². The second-order valence-corrected chi connectivity index (χ2v) is 9.51. The van der Waals surface area contributed by atoms with Gasteiger partial charge in [0.25, 0.3) is 0 Å². The van der Waals surface area contributed by atoms with Crippen LogP contribution in [0.25, 0.3) is 0 Å². The van der Waals surface area contributed by atoms with Gasteiger partial charge in [-0.1, -0.05) is 41.5 Å². The zero-order chi connectivity index (χ0) is 14.8. The van der Waals surface area contributed by atoms with Crippen LogP contribution in [0.2, 0.25) is 0 Å². The Hall–Kier alpha value is -0.0400. The van der Waals surface area contributed by atoms with Gasteiger partial charge in [0.05, 0.1) is 0 Å². The lowest BCUT2D eigenvalue weighted by Gasteiger charge is -2.59. The average molecular weight is 253 g/mol. The van der Waals surface area contributed by atoms with E-state index in [0.717, 1.165) is 0 Å². The Bertz CT molecular complexity index is 308. The molecule has 0 aromatic heterocycles. The largest absolute Gasteiger partial charge is 0.296 e. The van der Waals surface area contributed by atoms with Gasteiger partial charge in [0.1, 0.15) is 0 Å². The Balaban J connectivity index is 3.58. The first-order chi connectivity index (χ1) is 7.61. The molecule has 0 saturated carbocycles. The van der Waals surface area contributed by atoms with Crippen LogP contribution in [0.4, 0.5) is 0 Å². The third kappa shape index (κ3) is 1.77. The van der Waals surface area contributed by atoms with Crippen LogP contribution in [0.5, 0.6) is 0 Å². The van der Waals surface area contributed by atoms with Crippen LogP contribution in [0.15, 0.2) is 0 Å². The monoisotopic (exact) mass is 253 g/mol. The molecular formula is C17H35N. The standard InChI is InChI=1S/C17H35N/c1-13(2,3)17(14(4,5)6)12-15(7,8)18(11)16(17,9)10/h12H2,1-11H3. The summed E-state index contributed by atoms with van der Waals surface area (Å²) in [4.78, 5) is 2.61. The molecule has 1 saturated heterocycles. The van der Waals surface area contributed by atoms with Crippen molar-refractivity contribution in [3.63, 3.8) is 0 Å². The predicted molar refractivity (Wildman–Crippen MR) is 81.9 cm³/mol. The van der Waals surface area contributed by atoms with Crippen LogP contribution >= 0.6 is 0 Å². The molecule has 0 bridgehead atoms. The summed E-state index contributed by atoms with van der Waals surface area (Å²) in [5.74, 6) is 0. The highest BCUT2D eigenvalue weighted by atomic mass is 15.3. The van der Waals surface area contributed by atoms with Crippen LogP contribution in [0, 0.1) is 16.2 Å². The van der Waals surface area contributed by atoms with Crippen molar-refractivity contribution in [1.29, 1.82) is 0 Å². The Kier molecular flexibility index (Phi) is 3.33. The number of hydrogen-bond donors (Lipinski definition) is 0. The molecule has 108 valence electrons. The lowest BCUT2D eigenvalue weighted by atomic mass is 9.46. The van der Waals surface area contributed by atoms with Gasteiger partial charge in [-0.2, -0.15) is 0 Å². The minimum absolute atomic E-state index is 0.201. The van der Waals surface area contributed by atoms with Crippen LogP contribution in [-0.2, 0) is 0 Å². The van der Waals surface area contributed by atoms with E-state index in [4.69, 9.17) is 0 Å². The molecule has 0 atom stereocenters. The SMILES string of the molecule is CN1C(C)(C)CC(C(C)(C)C)(C(C)(C)C)C1(C)C. The summed E-state index contributed by atoms with van der Waals surface area (Å²) < 4.78 is 0. The predicted octanol–water partition coefficient (Wildman–Crippen LogP) is 4.96. The van der Waals surface area contributed by atoms with Crippen LogP contribution in [-0.4, -0.2) is 23.0 Å². The zero-order valence-corrected chi connectivity index (χ0v) is 14.7. The summed E-state index contributed by atoms with van der Waals surface area (Å²) in [5.41, 5.74) is 1.34. The highest BCUT2D eigenvalue weighted by Gasteiger charge is 2.67. The Labute approximate surface area is 115 Å². The molecule has 18 heavy (non-hydrogen) atoms. The molecular weight excluding hydrogens is 218 g/mol. The Morgan fingerprint density at radius 1 is 0.778 bits per heavy atom. The van der Waals surface area contributed by atoms with Gasteiger partial charge in [-0.15, -0.1) is 0 Å². The van der Waals surface area contributed by atoms with Crippen molar-refractivity contribution in [2.24, 2.45) is 16.2 Å². The maximum atomic E-state index is 2.61. The fourth-order valence-corrected chi connectivity index (χ4v) is 5.52. The molecule has 0 aliphatic carbocycles. The molecule has 1 heterocycles. The molecule has 0 N–H and O–H groups in total. The first-order valence-electron chi connectivity index (χ1n) is 7.35. The fraction of sp³-hybridized carbons (Fsp3) is 1.00. The molecule has 1 aliphatic heterocycles. The lowest BCUT2D eigenvalue weighted by molar-refractivity contribution is -0.0986. The normalized spacial score (nSPS) is 27.5. The maximum Gasteiger partial charge on any atom is 0.0222 e. The lowest BCUT2D eigenvalue weighted by Crippen LogP contribution is -2.60. The number of nitrogens with zero attached hydrogens (tertiary/aromatic N) is 1. The average Bonchev–Trinajstić information content (AvgIpc) is 2.21. The van der Waals surface area contributed by atoms with Gasteiger partial charge in [-0.25, -0.2) is 0 Å². The maximum absolute atomic E-state index is 2.61.